The van der Waals surface area contributed by atoms with Crippen molar-refractivity contribution in [1.82, 2.24) is 19.7 Å². The number of hydrogen-bond donors (Lipinski definition) is 0. The summed E-state index contributed by atoms with van der Waals surface area (Å²) in [5.41, 5.74) is 1.27. The molecule has 2 amide bonds. The van der Waals surface area contributed by atoms with Crippen molar-refractivity contribution in [3.8, 4) is 0 Å². The number of likely N-dealkylation sites (tertiary alicyclic amines) is 3. The first-order valence-corrected chi connectivity index (χ1v) is 11.3. The molecule has 0 aromatic carbocycles. The van der Waals surface area contributed by atoms with Gasteiger partial charge in [-0.3, -0.25) is 19.5 Å². The first-order valence-electron chi connectivity index (χ1n) is 11.3. The SMILES string of the molecule is C[C@@H](C(=O)N1CCCC1)N1CCC2(CCC(=O)N(CCc3ccccn3)C2)CC1. The second-order valence-electron chi connectivity index (χ2n) is 9.13. The second-order valence-corrected chi connectivity index (χ2v) is 9.13. The Hall–Kier alpha value is -1.95. The highest BCUT2D eigenvalue weighted by Gasteiger charge is 2.42. The zero-order chi connectivity index (χ0) is 20.3. The Morgan fingerprint density at radius 2 is 1.90 bits per heavy atom. The molecular formula is C23H34N4O2. The molecule has 3 saturated heterocycles. The minimum absolute atomic E-state index is 0.0177. The third-order valence-electron chi connectivity index (χ3n) is 7.29. The minimum atomic E-state index is -0.0177. The first-order chi connectivity index (χ1) is 14.1. The van der Waals surface area contributed by atoms with Crippen LogP contribution in [-0.2, 0) is 16.0 Å². The summed E-state index contributed by atoms with van der Waals surface area (Å²) in [4.78, 5) is 36.1. The van der Waals surface area contributed by atoms with Crippen LogP contribution in [0.3, 0.4) is 0 Å². The van der Waals surface area contributed by atoms with Gasteiger partial charge >= 0.3 is 0 Å². The summed E-state index contributed by atoms with van der Waals surface area (Å²) < 4.78 is 0. The van der Waals surface area contributed by atoms with Gasteiger partial charge in [-0.25, -0.2) is 0 Å². The van der Waals surface area contributed by atoms with Gasteiger partial charge in [0.1, 0.15) is 0 Å². The average Bonchev–Trinajstić information content (AvgIpc) is 3.30. The van der Waals surface area contributed by atoms with Crippen LogP contribution in [0.4, 0.5) is 0 Å². The minimum Gasteiger partial charge on any atom is -0.342 e. The lowest BCUT2D eigenvalue weighted by molar-refractivity contribution is -0.140. The van der Waals surface area contributed by atoms with Crippen molar-refractivity contribution in [1.29, 1.82) is 0 Å². The standard InChI is InChI=1S/C23H34N4O2/c1-19(22(29)26-13-4-5-14-26)25-16-10-23(11-17-25)9-7-21(28)27(18-23)15-8-20-6-2-3-12-24-20/h2-3,6,12,19H,4-5,7-11,13-18H2,1H3/t19-/m0/s1. The number of amides is 2. The fourth-order valence-electron chi connectivity index (χ4n) is 5.25. The van der Waals surface area contributed by atoms with E-state index in [0.717, 1.165) is 83.5 Å². The van der Waals surface area contributed by atoms with Gasteiger partial charge in [0.15, 0.2) is 0 Å². The van der Waals surface area contributed by atoms with Gasteiger partial charge in [-0.05, 0) is 69.7 Å². The van der Waals surface area contributed by atoms with Crippen LogP contribution in [0, 0.1) is 5.41 Å². The van der Waals surface area contributed by atoms with Crippen molar-refractivity contribution >= 4 is 11.8 Å². The zero-order valence-corrected chi connectivity index (χ0v) is 17.7. The Kier molecular flexibility index (Phi) is 6.18. The number of piperidine rings is 2. The summed E-state index contributed by atoms with van der Waals surface area (Å²) in [5.74, 6) is 0.584. The third kappa shape index (κ3) is 4.63. The van der Waals surface area contributed by atoms with Gasteiger partial charge in [0.05, 0.1) is 6.04 Å². The largest absolute Gasteiger partial charge is 0.342 e. The van der Waals surface area contributed by atoms with E-state index in [0.29, 0.717) is 12.3 Å². The molecule has 1 spiro atoms. The fourth-order valence-corrected chi connectivity index (χ4v) is 5.25. The van der Waals surface area contributed by atoms with Gasteiger partial charge in [0.25, 0.3) is 0 Å². The van der Waals surface area contributed by atoms with Gasteiger partial charge in [0, 0.05) is 50.9 Å². The van der Waals surface area contributed by atoms with Gasteiger partial charge in [-0.2, -0.15) is 0 Å². The molecule has 0 bridgehead atoms. The molecule has 0 radical (unpaired) electrons. The Morgan fingerprint density at radius 1 is 1.14 bits per heavy atom. The molecule has 6 heteroatoms. The molecule has 0 N–H and O–H groups in total. The Balaban J connectivity index is 1.31. The van der Waals surface area contributed by atoms with Crippen LogP contribution in [-0.4, -0.2) is 76.8 Å². The molecule has 1 aromatic rings. The summed E-state index contributed by atoms with van der Waals surface area (Å²) in [5, 5.41) is 0. The summed E-state index contributed by atoms with van der Waals surface area (Å²) in [6.45, 7) is 7.46. The van der Waals surface area contributed by atoms with E-state index in [9.17, 15) is 9.59 Å². The van der Waals surface area contributed by atoms with E-state index in [-0.39, 0.29) is 17.4 Å². The quantitative estimate of drug-likeness (QED) is 0.764. The van der Waals surface area contributed by atoms with Crippen LogP contribution >= 0.6 is 0 Å². The topological polar surface area (TPSA) is 56.8 Å². The molecule has 3 aliphatic rings. The highest BCUT2D eigenvalue weighted by molar-refractivity contribution is 5.81. The van der Waals surface area contributed by atoms with Crippen molar-refractivity contribution in [2.75, 3.05) is 39.3 Å². The van der Waals surface area contributed by atoms with E-state index >= 15 is 0 Å². The van der Waals surface area contributed by atoms with Crippen molar-refractivity contribution in [2.24, 2.45) is 5.41 Å². The van der Waals surface area contributed by atoms with Gasteiger partial charge in [-0.15, -0.1) is 0 Å². The van der Waals surface area contributed by atoms with Crippen molar-refractivity contribution in [2.45, 2.75) is 57.9 Å². The molecule has 4 heterocycles. The molecule has 1 aromatic heterocycles. The molecule has 6 nitrogen and oxygen atoms in total. The van der Waals surface area contributed by atoms with E-state index in [1.807, 2.05) is 29.3 Å². The van der Waals surface area contributed by atoms with Crippen molar-refractivity contribution in [3.63, 3.8) is 0 Å². The van der Waals surface area contributed by atoms with E-state index in [1.54, 1.807) is 0 Å². The third-order valence-corrected chi connectivity index (χ3v) is 7.29. The van der Waals surface area contributed by atoms with Gasteiger partial charge in [-0.1, -0.05) is 6.07 Å². The van der Waals surface area contributed by atoms with Crippen LogP contribution in [0.2, 0.25) is 0 Å². The van der Waals surface area contributed by atoms with Gasteiger partial charge in [0.2, 0.25) is 11.8 Å². The average molecular weight is 399 g/mol. The molecule has 0 unspecified atom stereocenters. The Morgan fingerprint density at radius 3 is 2.59 bits per heavy atom. The Labute approximate surface area is 174 Å². The molecular weight excluding hydrogens is 364 g/mol. The van der Waals surface area contributed by atoms with Crippen molar-refractivity contribution in [3.05, 3.63) is 30.1 Å². The lowest BCUT2D eigenvalue weighted by Gasteiger charge is -2.48. The number of carbonyl (C=O) groups is 2. The number of pyridine rings is 1. The molecule has 158 valence electrons. The van der Waals surface area contributed by atoms with E-state index in [4.69, 9.17) is 0 Å². The summed E-state index contributed by atoms with van der Waals surface area (Å²) in [6.07, 6.45) is 8.73. The monoisotopic (exact) mass is 398 g/mol. The highest BCUT2D eigenvalue weighted by Crippen LogP contribution is 2.40. The van der Waals surface area contributed by atoms with Crippen LogP contribution in [0.1, 0.15) is 51.1 Å². The predicted octanol–water partition coefficient (Wildman–Crippen LogP) is 2.34. The zero-order valence-electron chi connectivity index (χ0n) is 17.7. The number of carbonyl (C=O) groups excluding carboxylic acids is 2. The molecule has 0 aliphatic carbocycles. The normalized spacial score (nSPS) is 23.6. The molecule has 3 fully saturated rings. The lowest BCUT2D eigenvalue weighted by atomic mass is 9.72. The number of aromatic nitrogens is 1. The van der Waals surface area contributed by atoms with Crippen molar-refractivity contribution < 1.29 is 9.59 Å². The van der Waals surface area contributed by atoms with Gasteiger partial charge < -0.3 is 9.80 Å². The number of rotatable bonds is 5. The highest BCUT2D eigenvalue weighted by atomic mass is 16.2. The molecule has 3 aliphatic heterocycles. The number of nitrogens with zero attached hydrogens (tertiary/aromatic N) is 4. The van der Waals surface area contributed by atoms with E-state index in [1.165, 1.54) is 0 Å². The maximum Gasteiger partial charge on any atom is 0.239 e. The first kappa shape index (κ1) is 20.3. The smallest absolute Gasteiger partial charge is 0.239 e. The molecule has 1 atom stereocenters. The molecule has 29 heavy (non-hydrogen) atoms. The van der Waals surface area contributed by atoms with Crippen LogP contribution in [0.25, 0.3) is 0 Å². The van der Waals surface area contributed by atoms with Crippen LogP contribution < -0.4 is 0 Å². The summed E-state index contributed by atoms with van der Waals surface area (Å²) >= 11 is 0. The molecule has 4 rings (SSSR count). The number of hydrogen-bond acceptors (Lipinski definition) is 4. The Bertz CT molecular complexity index is 709. The van der Waals surface area contributed by atoms with E-state index in [2.05, 4.69) is 21.7 Å². The second kappa shape index (κ2) is 8.82. The van der Waals surface area contributed by atoms with Crippen LogP contribution in [0.5, 0.6) is 0 Å². The maximum absolute atomic E-state index is 12.8. The lowest BCUT2D eigenvalue weighted by Crippen LogP contribution is -2.55. The summed E-state index contributed by atoms with van der Waals surface area (Å²) in [6, 6.07) is 5.94. The summed E-state index contributed by atoms with van der Waals surface area (Å²) in [7, 11) is 0. The molecule has 0 saturated carbocycles. The van der Waals surface area contributed by atoms with Crippen LogP contribution in [0.15, 0.2) is 24.4 Å². The van der Waals surface area contributed by atoms with E-state index < -0.39 is 0 Å². The fraction of sp³-hybridized carbons (Fsp3) is 0.696. The predicted molar refractivity (Wildman–Crippen MR) is 112 cm³/mol. The maximum atomic E-state index is 12.8.